The summed E-state index contributed by atoms with van der Waals surface area (Å²) in [4.78, 5) is 32.9. The highest BCUT2D eigenvalue weighted by Gasteiger charge is 2.36. The van der Waals surface area contributed by atoms with Crippen molar-refractivity contribution >= 4 is 23.5 Å². The number of rotatable bonds is 11. The van der Waals surface area contributed by atoms with Crippen molar-refractivity contribution in [3.63, 3.8) is 0 Å². The maximum atomic E-state index is 13.4. The summed E-state index contributed by atoms with van der Waals surface area (Å²) >= 11 is 6.78. The van der Waals surface area contributed by atoms with Gasteiger partial charge in [-0.1, -0.05) is 41.9 Å². The molecule has 0 bridgehead atoms. The second-order valence-electron chi connectivity index (χ2n) is 12.8. The average molecular weight is 711 g/mol. The van der Waals surface area contributed by atoms with Crippen LogP contribution in [0.25, 0.3) is 11.1 Å². The number of aliphatic hydroxyl groups is 1. The number of carboxylic acid groups (broad SMARTS) is 1. The van der Waals surface area contributed by atoms with Crippen LogP contribution in [0.15, 0.2) is 67.0 Å². The van der Waals surface area contributed by atoms with E-state index in [0.717, 1.165) is 27.8 Å². The molecule has 12 heteroatoms. The maximum absolute atomic E-state index is 13.4. The largest absolute Gasteiger partial charge is 0.488 e. The molecule has 264 valence electrons. The first-order valence-electron chi connectivity index (χ1n) is 16.8. The van der Waals surface area contributed by atoms with Crippen molar-refractivity contribution < 1.29 is 34.0 Å². The molecule has 0 aliphatic carbocycles. The van der Waals surface area contributed by atoms with Crippen LogP contribution in [0.3, 0.4) is 0 Å². The van der Waals surface area contributed by atoms with E-state index in [2.05, 4.69) is 11.1 Å². The van der Waals surface area contributed by atoms with Crippen LogP contribution in [0.4, 0.5) is 0 Å². The molecule has 2 fully saturated rings. The van der Waals surface area contributed by atoms with Gasteiger partial charge in [0, 0.05) is 67.8 Å². The van der Waals surface area contributed by atoms with Crippen LogP contribution >= 0.6 is 11.6 Å². The minimum atomic E-state index is -1.01. The lowest BCUT2D eigenvalue weighted by atomic mass is 9.91. The molecule has 2 atom stereocenters. The monoisotopic (exact) mass is 710 g/mol. The van der Waals surface area contributed by atoms with Crippen LogP contribution in [0.5, 0.6) is 11.5 Å². The van der Waals surface area contributed by atoms with E-state index in [1.807, 2.05) is 55.1 Å². The van der Waals surface area contributed by atoms with Crippen molar-refractivity contribution in [2.75, 3.05) is 32.8 Å². The van der Waals surface area contributed by atoms with Gasteiger partial charge in [-0.15, -0.1) is 0 Å². The number of carbonyl (C=O) groups is 2. The van der Waals surface area contributed by atoms with E-state index >= 15 is 0 Å². The third-order valence-corrected chi connectivity index (χ3v) is 9.75. The van der Waals surface area contributed by atoms with Gasteiger partial charge in [0.15, 0.2) is 0 Å². The number of carboxylic acids is 1. The first-order valence-corrected chi connectivity index (χ1v) is 17.1. The van der Waals surface area contributed by atoms with Crippen LogP contribution in [0, 0.1) is 25.2 Å². The van der Waals surface area contributed by atoms with Crippen molar-refractivity contribution in [1.82, 2.24) is 14.8 Å². The highest BCUT2D eigenvalue weighted by atomic mass is 35.5. The van der Waals surface area contributed by atoms with Crippen molar-refractivity contribution in [1.29, 1.82) is 5.26 Å². The molecule has 1 amide bonds. The number of hydrogen-bond acceptors (Lipinski definition) is 9. The van der Waals surface area contributed by atoms with Crippen LogP contribution in [-0.4, -0.2) is 81.9 Å². The molecular formula is C39H39ClN4O7. The quantitative estimate of drug-likeness (QED) is 0.204. The summed E-state index contributed by atoms with van der Waals surface area (Å²) < 4.78 is 18.0. The van der Waals surface area contributed by atoms with E-state index in [-0.39, 0.29) is 38.6 Å². The van der Waals surface area contributed by atoms with Gasteiger partial charge in [0.2, 0.25) is 0 Å². The Labute approximate surface area is 301 Å². The second kappa shape index (κ2) is 15.9. The zero-order chi connectivity index (χ0) is 36.1. The average Bonchev–Trinajstić information content (AvgIpc) is 3.51. The van der Waals surface area contributed by atoms with E-state index in [4.69, 9.17) is 25.8 Å². The zero-order valence-electron chi connectivity index (χ0n) is 28.5. The number of likely N-dealkylation sites (tertiary alicyclic amines) is 1. The van der Waals surface area contributed by atoms with Crippen LogP contribution in [0.1, 0.15) is 50.2 Å². The first kappa shape index (κ1) is 35.8. The summed E-state index contributed by atoms with van der Waals surface area (Å²) in [6, 6.07) is 18.1. The topological polar surface area (TPSA) is 145 Å². The van der Waals surface area contributed by atoms with Gasteiger partial charge in [0.25, 0.3) is 5.91 Å². The number of nitriles is 1. The molecule has 2 aliphatic rings. The number of ether oxygens (including phenoxy) is 3. The minimum Gasteiger partial charge on any atom is -0.488 e. The summed E-state index contributed by atoms with van der Waals surface area (Å²) in [7, 11) is 0. The summed E-state index contributed by atoms with van der Waals surface area (Å²) in [6.07, 6.45) is 2.44. The van der Waals surface area contributed by atoms with Crippen LogP contribution in [-0.2, 0) is 29.3 Å². The van der Waals surface area contributed by atoms with Gasteiger partial charge >= 0.3 is 5.97 Å². The number of nitrogens with zero attached hydrogens (tertiary/aromatic N) is 4. The number of benzene rings is 3. The Balaban J connectivity index is 1.25. The van der Waals surface area contributed by atoms with Crippen molar-refractivity contribution in [3.8, 4) is 28.7 Å². The fourth-order valence-electron chi connectivity index (χ4n) is 6.65. The predicted octanol–water partition coefficient (Wildman–Crippen LogP) is 5.54. The number of hydrogen-bond donors (Lipinski definition) is 2. The molecule has 2 N–H and O–H groups in total. The summed E-state index contributed by atoms with van der Waals surface area (Å²) in [5.41, 5.74) is 7.15. The number of carbonyl (C=O) groups excluding carboxylic acids is 1. The van der Waals surface area contributed by atoms with Crippen molar-refractivity contribution in [3.05, 3.63) is 111 Å². The lowest BCUT2D eigenvalue weighted by Gasteiger charge is -2.28. The number of morpholine rings is 1. The molecule has 11 nitrogen and oxygen atoms in total. The normalized spacial score (nSPS) is 17.6. The fraction of sp³-hybridized carbons (Fsp3) is 0.333. The molecule has 51 heavy (non-hydrogen) atoms. The van der Waals surface area contributed by atoms with Gasteiger partial charge < -0.3 is 29.3 Å². The molecule has 3 heterocycles. The number of pyridine rings is 1. The van der Waals surface area contributed by atoms with Gasteiger partial charge in [-0.05, 0) is 59.9 Å². The summed E-state index contributed by atoms with van der Waals surface area (Å²) in [5.74, 6) is -0.221. The van der Waals surface area contributed by atoms with Gasteiger partial charge in [-0.25, -0.2) is 0 Å². The number of aromatic nitrogens is 1. The highest BCUT2D eigenvalue weighted by molar-refractivity contribution is 6.32. The molecule has 2 aliphatic heterocycles. The molecule has 0 radical (unpaired) electrons. The molecule has 1 aromatic heterocycles. The Bertz CT molecular complexity index is 1970. The Hall–Kier alpha value is -4.99. The van der Waals surface area contributed by atoms with E-state index in [0.29, 0.717) is 65.1 Å². The molecular weight excluding hydrogens is 672 g/mol. The predicted molar refractivity (Wildman–Crippen MR) is 190 cm³/mol. The fourth-order valence-corrected chi connectivity index (χ4v) is 6.89. The Kier molecular flexibility index (Phi) is 11.2. The van der Waals surface area contributed by atoms with Crippen LogP contribution in [0.2, 0.25) is 5.02 Å². The van der Waals surface area contributed by atoms with Crippen LogP contribution < -0.4 is 9.47 Å². The van der Waals surface area contributed by atoms with Gasteiger partial charge in [0.05, 0.1) is 29.9 Å². The second-order valence-corrected chi connectivity index (χ2v) is 13.2. The SMILES string of the molecule is Cc1c(COc2cc(OCc3cncc(C#N)c3)c(CN3C[C@@H](O)C[C@H]3C(=O)O)cc2Cl)cccc1-c1cccc(C(=O)N2CCOCC2)c1C. The summed E-state index contributed by atoms with van der Waals surface area (Å²) in [5, 5.41) is 29.6. The Morgan fingerprint density at radius 2 is 1.71 bits per heavy atom. The van der Waals surface area contributed by atoms with Gasteiger partial charge in [-0.2, -0.15) is 5.26 Å². The molecule has 6 rings (SSSR count). The molecule has 2 saturated heterocycles. The molecule has 4 aromatic rings. The highest BCUT2D eigenvalue weighted by Crippen LogP contribution is 2.37. The Morgan fingerprint density at radius 3 is 2.45 bits per heavy atom. The summed E-state index contributed by atoms with van der Waals surface area (Å²) in [6.45, 7) is 6.86. The van der Waals surface area contributed by atoms with E-state index in [9.17, 15) is 25.1 Å². The Morgan fingerprint density at radius 1 is 0.980 bits per heavy atom. The van der Waals surface area contributed by atoms with Crippen molar-refractivity contribution in [2.45, 2.75) is 52.2 Å². The third-order valence-electron chi connectivity index (χ3n) is 9.46. The van der Waals surface area contributed by atoms with Gasteiger partial charge in [0.1, 0.15) is 36.8 Å². The van der Waals surface area contributed by atoms with E-state index in [1.165, 1.54) is 6.20 Å². The lowest BCUT2D eigenvalue weighted by Crippen LogP contribution is -2.41. The number of aliphatic carboxylic acids is 1. The standard InChI is InChI=1S/C39H39ClN4O7/c1-24-28(5-3-6-31(24)32-7-4-8-33(25(32)2)38(46)43-9-11-49-12-10-43)23-51-37-16-36(50-22-27-13-26(17-41)18-42-19-27)29(14-34(37)40)20-44-21-30(45)15-35(44)39(47)48/h3-8,13-14,16,18-19,30,35,45H,9-12,15,20-23H2,1-2H3,(H,47,48)/t30-,35-/m0/s1. The zero-order valence-corrected chi connectivity index (χ0v) is 29.2. The number of halogens is 1. The maximum Gasteiger partial charge on any atom is 0.321 e. The molecule has 0 saturated carbocycles. The molecule has 0 spiro atoms. The number of amides is 1. The lowest BCUT2D eigenvalue weighted by molar-refractivity contribution is -0.142. The first-order chi connectivity index (χ1) is 24.6. The molecule has 3 aromatic carbocycles. The van der Waals surface area contributed by atoms with Gasteiger partial charge in [-0.3, -0.25) is 19.5 Å². The van der Waals surface area contributed by atoms with Crippen molar-refractivity contribution in [2.24, 2.45) is 0 Å². The minimum absolute atomic E-state index is 0.000625. The number of aliphatic hydroxyl groups excluding tert-OH is 1. The molecule has 0 unspecified atom stereocenters. The van der Waals surface area contributed by atoms with E-state index < -0.39 is 18.1 Å². The number of β-amino-alcohol motifs (C(OH)–C–C–N with tert-alkyl or cyclic N) is 1. The third kappa shape index (κ3) is 8.16. The smallest absolute Gasteiger partial charge is 0.321 e. The van der Waals surface area contributed by atoms with E-state index in [1.54, 1.807) is 29.3 Å².